The first-order valence-electron chi connectivity index (χ1n) is 7.11. The summed E-state index contributed by atoms with van der Waals surface area (Å²) in [4.78, 5) is 18.4. The normalized spacial score (nSPS) is 13.9. The van der Waals surface area contributed by atoms with E-state index in [4.69, 9.17) is 4.74 Å². The lowest BCUT2D eigenvalue weighted by Crippen LogP contribution is -2.38. The molecule has 0 aliphatic carbocycles. The number of aromatic nitrogens is 1. The first kappa shape index (κ1) is 16.1. The fourth-order valence-electron chi connectivity index (χ4n) is 2.37. The van der Waals surface area contributed by atoms with Crippen molar-refractivity contribution in [3.8, 4) is 11.5 Å². The Kier molecular flexibility index (Phi) is 4.04. The quantitative estimate of drug-likeness (QED) is 0.843. The molecule has 1 aromatic carbocycles. The van der Waals surface area contributed by atoms with Gasteiger partial charge in [-0.15, -0.1) is 13.2 Å². The summed E-state index contributed by atoms with van der Waals surface area (Å²) in [6.07, 6.45) is -4.81. The zero-order chi connectivity index (χ0) is 17.3. The Labute approximate surface area is 135 Å². The van der Waals surface area contributed by atoms with Crippen LogP contribution in [0.3, 0.4) is 0 Å². The Hall–Kier alpha value is -2.77. The summed E-state index contributed by atoms with van der Waals surface area (Å²) in [6, 6.07) is 8.42. The molecule has 0 saturated heterocycles. The first-order valence-corrected chi connectivity index (χ1v) is 7.11. The number of ether oxygens (including phenoxy) is 2. The number of nitrogens with zero attached hydrogens (tertiary/aromatic N) is 2. The monoisotopic (exact) mass is 338 g/mol. The lowest BCUT2D eigenvalue weighted by Gasteiger charge is -2.28. The second-order valence-electron chi connectivity index (χ2n) is 5.16. The van der Waals surface area contributed by atoms with Gasteiger partial charge in [0.15, 0.2) is 11.6 Å². The standard InChI is InChI=1S/C16H13F3N2O3/c1-10-5-6-13-14(20-10)21(7-8-23-13)15(22)11-3-2-4-12(9-11)24-16(17,18)19/h2-6,9H,7-8H2,1H3. The number of pyridine rings is 1. The van der Waals surface area contributed by atoms with E-state index in [2.05, 4.69) is 9.72 Å². The van der Waals surface area contributed by atoms with Crippen LogP contribution in [0.1, 0.15) is 16.1 Å². The maximum atomic E-state index is 12.7. The van der Waals surface area contributed by atoms with E-state index in [1.165, 1.54) is 17.0 Å². The van der Waals surface area contributed by atoms with E-state index in [-0.39, 0.29) is 18.7 Å². The van der Waals surface area contributed by atoms with Gasteiger partial charge in [0.1, 0.15) is 12.4 Å². The van der Waals surface area contributed by atoms with E-state index in [0.29, 0.717) is 17.3 Å². The Bertz CT molecular complexity index is 777. The Balaban J connectivity index is 1.91. The second-order valence-corrected chi connectivity index (χ2v) is 5.16. The average Bonchev–Trinajstić information content (AvgIpc) is 2.52. The van der Waals surface area contributed by atoms with E-state index < -0.39 is 18.0 Å². The number of halogens is 3. The summed E-state index contributed by atoms with van der Waals surface area (Å²) in [5, 5.41) is 0. The van der Waals surface area contributed by atoms with Gasteiger partial charge in [0.2, 0.25) is 0 Å². The summed E-state index contributed by atoms with van der Waals surface area (Å²) in [6.45, 7) is 2.31. The molecule has 5 nitrogen and oxygen atoms in total. The average molecular weight is 338 g/mol. The summed E-state index contributed by atoms with van der Waals surface area (Å²) < 4.78 is 46.3. The number of carbonyl (C=O) groups is 1. The highest BCUT2D eigenvalue weighted by Crippen LogP contribution is 2.31. The van der Waals surface area contributed by atoms with Gasteiger partial charge in [0.05, 0.1) is 6.54 Å². The van der Waals surface area contributed by atoms with Crippen molar-refractivity contribution in [2.24, 2.45) is 0 Å². The largest absolute Gasteiger partial charge is 0.573 e. The minimum atomic E-state index is -4.81. The number of hydrogen-bond acceptors (Lipinski definition) is 4. The molecule has 0 saturated carbocycles. The molecule has 1 aromatic heterocycles. The van der Waals surface area contributed by atoms with Gasteiger partial charge in [-0.05, 0) is 37.3 Å². The van der Waals surface area contributed by atoms with Gasteiger partial charge in [-0.1, -0.05) is 6.07 Å². The molecule has 1 aliphatic rings. The number of benzene rings is 1. The predicted octanol–water partition coefficient (Wildman–Crippen LogP) is 3.33. The number of rotatable bonds is 2. The number of anilines is 1. The highest BCUT2D eigenvalue weighted by molar-refractivity contribution is 6.06. The summed E-state index contributed by atoms with van der Waals surface area (Å²) >= 11 is 0. The molecule has 0 fully saturated rings. The van der Waals surface area contributed by atoms with E-state index in [1.807, 2.05) is 0 Å². The van der Waals surface area contributed by atoms with Gasteiger partial charge in [0, 0.05) is 11.3 Å². The van der Waals surface area contributed by atoms with E-state index in [1.54, 1.807) is 19.1 Å². The lowest BCUT2D eigenvalue weighted by molar-refractivity contribution is -0.274. The predicted molar refractivity (Wildman–Crippen MR) is 79.3 cm³/mol. The summed E-state index contributed by atoms with van der Waals surface area (Å²) in [7, 11) is 0. The van der Waals surface area contributed by atoms with E-state index in [0.717, 1.165) is 12.1 Å². The highest BCUT2D eigenvalue weighted by atomic mass is 19.4. The Morgan fingerprint density at radius 2 is 2.08 bits per heavy atom. The number of hydrogen-bond donors (Lipinski definition) is 0. The molecule has 8 heteroatoms. The first-order chi connectivity index (χ1) is 11.3. The van der Waals surface area contributed by atoms with Gasteiger partial charge in [-0.3, -0.25) is 9.69 Å². The van der Waals surface area contributed by atoms with Crippen molar-refractivity contribution in [1.29, 1.82) is 0 Å². The van der Waals surface area contributed by atoms with Crippen molar-refractivity contribution in [3.63, 3.8) is 0 Å². The minimum Gasteiger partial charge on any atom is -0.488 e. The van der Waals surface area contributed by atoms with Crippen LogP contribution in [0.2, 0.25) is 0 Å². The van der Waals surface area contributed by atoms with Gasteiger partial charge in [0.25, 0.3) is 5.91 Å². The zero-order valence-corrected chi connectivity index (χ0v) is 12.6. The molecular weight excluding hydrogens is 325 g/mol. The smallest absolute Gasteiger partial charge is 0.488 e. The number of carbonyl (C=O) groups excluding carboxylic acids is 1. The molecule has 3 rings (SSSR count). The third-order valence-corrected chi connectivity index (χ3v) is 3.37. The maximum absolute atomic E-state index is 12.7. The number of amides is 1. The van der Waals surface area contributed by atoms with E-state index >= 15 is 0 Å². The Morgan fingerprint density at radius 3 is 2.83 bits per heavy atom. The van der Waals surface area contributed by atoms with Crippen LogP contribution >= 0.6 is 0 Å². The summed E-state index contributed by atoms with van der Waals surface area (Å²) in [5.41, 5.74) is 0.777. The summed E-state index contributed by atoms with van der Waals surface area (Å²) in [5.74, 6) is -0.0967. The van der Waals surface area contributed by atoms with Gasteiger partial charge in [-0.2, -0.15) is 0 Å². The maximum Gasteiger partial charge on any atom is 0.573 e. The van der Waals surface area contributed by atoms with Crippen molar-refractivity contribution in [3.05, 3.63) is 47.7 Å². The lowest BCUT2D eigenvalue weighted by atomic mass is 10.1. The topological polar surface area (TPSA) is 51.7 Å². The third kappa shape index (κ3) is 3.42. The van der Waals surface area contributed by atoms with Gasteiger partial charge >= 0.3 is 6.36 Å². The van der Waals surface area contributed by atoms with Gasteiger partial charge < -0.3 is 9.47 Å². The number of aryl methyl sites for hydroxylation is 1. The van der Waals surface area contributed by atoms with Crippen LogP contribution in [0.15, 0.2) is 36.4 Å². The number of alkyl halides is 3. The van der Waals surface area contributed by atoms with Crippen molar-refractivity contribution in [1.82, 2.24) is 4.98 Å². The second kappa shape index (κ2) is 6.03. The molecule has 0 spiro atoms. The fourth-order valence-corrected chi connectivity index (χ4v) is 2.37. The molecule has 1 aliphatic heterocycles. The molecular formula is C16H13F3N2O3. The fraction of sp³-hybridized carbons (Fsp3) is 0.250. The molecule has 0 N–H and O–H groups in total. The molecule has 0 atom stereocenters. The molecule has 126 valence electrons. The van der Waals surface area contributed by atoms with Crippen molar-refractivity contribution in [2.75, 3.05) is 18.1 Å². The van der Waals surface area contributed by atoms with Gasteiger partial charge in [-0.25, -0.2) is 4.98 Å². The molecule has 2 aromatic rings. The Morgan fingerprint density at radius 1 is 1.29 bits per heavy atom. The minimum absolute atomic E-state index is 0.0768. The molecule has 0 radical (unpaired) electrons. The van der Waals surface area contributed by atoms with Crippen molar-refractivity contribution in [2.45, 2.75) is 13.3 Å². The zero-order valence-electron chi connectivity index (χ0n) is 12.6. The van der Waals surface area contributed by atoms with Crippen LogP contribution in [0.5, 0.6) is 11.5 Å². The van der Waals surface area contributed by atoms with E-state index in [9.17, 15) is 18.0 Å². The van der Waals surface area contributed by atoms with Crippen LogP contribution in [-0.2, 0) is 0 Å². The number of fused-ring (bicyclic) bond motifs is 1. The SMILES string of the molecule is Cc1ccc2c(n1)N(C(=O)c1cccc(OC(F)(F)F)c1)CCO2. The third-order valence-electron chi connectivity index (χ3n) is 3.37. The van der Waals surface area contributed by atoms with Crippen LogP contribution in [0.25, 0.3) is 0 Å². The molecule has 2 heterocycles. The highest BCUT2D eigenvalue weighted by Gasteiger charge is 2.32. The van der Waals surface area contributed by atoms with Crippen LogP contribution in [0, 0.1) is 6.92 Å². The molecule has 0 unspecified atom stereocenters. The van der Waals surface area contributed by atoms with Crippen LogP contribution in [0.4, 0.5) is 19.0 Å². The van der Waals surface area contributed by atoms with Crippen LogP contribution in [-0.4, -0.2) is 30.4 Å². The molecule has 24 heavy (non-hydrogen) atoms. The molecule has 1 amide bonds. The van der Waals surface area contributed by atoms with Crippen molar-refractivity contribution < 1.29 is 27.4 Å². The van der Waals surface area contributed by atoms with Crippen LogP contribution < -0.4 is 14.4 Å². The molecule has 0 bridgehead atoms. The van der Waals surface area contributed by atoms with Crippen molar-refractivity contribution >= 4 is 11.7 Å².